The van der Waals surface area contributed by atoms with Crippen molar-refractivity contribution in [2.24, 2.45) is 11.8 Å². The first-order chi connectivity index (χ1) is 7.63. The zero-order chi connectivity index (χ0) is 12.0. The molecule has 0 saturated carbocycles. The fourth-order valence-electron chi connectivity index (χ4n) is 2.00. The van der Waals surface area contributed by atoms with E-state index >= 15 is 0 Å². The lowest BCUT2D eigenvalue weighted by atomic mass is 9.88. The summed E-state index contributed by atoms with van der Waals surface area (Å²) < 4.78 is 9.89. The molecule has 5 nitrogen and oxygen atoms in total. The molecule has 0 bridgehead atoms. The van der Waals surface area contributed by atoms with Gasteiger partial charge in [0.2, 0.25) is 0 Å². The number of hydrogen-bond acceptors (Lipinski definition) is 4. The Balaban J connectivity index is 2.28. The molecule has 0 amide bonds. The van der Waals surface area contributed by atoms with E-state index in [-0.39, 0.29) is 18.3 Å². The van der Waals surface area contributed by atoms with Crippen molar-refractivity contribution < 1.29 is 24.2 Å². The zero-order valence-corrected chi connectivity index (χ0v) is 9.48. The van der Waals surface area contributed by atoms with Crippen LogP contribution in [-0.4, -0.2) is 37.4 Å². The number of ether oxygens (including phenoxy) is 2. The third-order valence-electron chi connectivity index (χ3n) is 3.01. The molecule has 1 N–H and O–H groups in total. The summed E-state index contributed by atoms with van der Waals surface area (Å²) in [5.74, 6) is -0.443. The molecule has 0 radical (unpaired) electrons. The summed E-state index contributed by atoms with van der Waals surface area (Å²) >= 11 is 0. The lowest BCUT2D eigenvalue weighted by Gasteiger charge is -2.15. The van der Waals surface area contributed by atoms with Crippen molar-refractivity contribution >= 4 is 11.9 Å². The third-order valence-corrected chi connectivity index (χ3v) is 3.01. The van der Waals surface area contributed by atoms with Crippen molar-refractivity contribution in [2.45, 2.75) is 25.7 Å². The van der Waals surface area contributed by atoms with E-state index in [0.29, 0.717) is 32.0 Å². The topological polar surface area (TPSA) is 72.8 Å². The molecular formula is C11H18O5. The fraction of sp³-hybridized carbons (Fsp3) is 0.818. The van der Waals surface area contributed by atoms with Crippen LogP contribution < -0.4 is 0 Å². The van der Waals surface area contributed by atoms with Crippen molar-refractivity contribution in [3.63, 3.8) is 0 Å². The van der Waals surface area contributed by atoms with E-state index in [4.69, 9.17) is 9.84 Å². The summed E-state index contributed by atoms with van der Waals surface area (Å²) in [7, 11) is 1.37. The van der Waals surface area contributed by atoms with E-state index in [0.717, 1.165) is 6.42 Å². The number of carbonyl (C=O) groups is 2. The number of rotatable bonds is 6. The molecule has 0 aromatic heterocycles. The number of methoxy groups -OCH3 is 1. The normalized spacial score (nSPS) is 24.3. The van der Waals surface area contributed by atoms with Gasteiger partial charge in [0.1, 0.15) is 0 Å². The standard InChI is InChI=1S/C11H18O5/c1-15-11(14)5-3-9-7-16-6-8(9)2-4-10(12)13/h8-9H,2-7H2,1H3,(H,12,13). The highest BCUT2D eigenvalue weighted by Crippen LogP contribution is 2.28. The Morgan fingerprint density at radius 3 is 2.31 bits per heavy atom. The Labute approximate surface area is 94.7 Å². The maximum Gasteiger partial charge on any atom is 0.305 e. The number of carboxylic acid groups (broad SMARTS) is 1. The van der Waals surface area contributed by atoms with Gasteiger partial charge in [0.25, 0.3) is 0 Å². The molecule has 5 heteroatoms. The molecule has 1 heterocycles. The van der Waals surface area contributed by atoms with Crippen LogP contribution in [0.1, 0.15) is 25.7 Å². The highest BCUT2D eigenvalue weighted by Gasteiger charge is 2.28. The Kier molecular flexibility index (Phi) is 5.25. The van der Waals surface area contributed by atoms with E-state index in [1.807, 2.05) is 0 Å². The summed E-state index contributed by atoms with van der Waals surface area (Å²) in [5.41, 5.74) is 0. The first-order valence-corrected chi connectivity index (χ1v) is 5.50. The van der Waals surface area contributed by atoms with E-state index < -0.39 is 5.97 Å². The lowest BCUT2D eigenvalue weighted by molar-refractivity contribution is -0.141. The van der Waals surface area contributed by atoms with Gasteiger partial charge in [-0.3, -0.25) is 9.59 Å². The SMILES string of the molecule is COC(=O)CCC1COCC1CCC(=O)O. The van der Waals surface area contributed by atoms with Gasteiger partial charge in [0.15, 0.2) is 0 Å². The summed E-state index contributed by atoms with van der Waals surface area (Å²) in [5, 5.41) is 8.60. The van der Waals surface area contributed by atoms with Gasteiger partial charge in [0, 0.05) is 26.1 Å². The summed E-state index contributed by atoms with van der Waals surface area (Å²) in [6.45, 7) is 1.24. The van der Waals surface area contributed by atoms with Gasteiger partial charge in [-0.05, 0) is 24.7 Å². The average molecular weight is 230 g/mol. The van der Waals surface area contributed by atoms with E-state index in [2.05, 4.69) is 4.74 Å². The van der Waals surface area contributed by atoms with Crippen LogP contribution in [0.15, 0.2) is 0 Å². The van der Waals surface area contributed by atoms with Crippen LogP contribution in [0.2, 0.25) is 0 Å². The molecule has 0 aromatic rings. The fourth-order valence-corrected chi connectivity index (χ4v) is 2.00. The van der Waals surface area contributed by atoms with Crippen molar-refractivity contribution in [1.29, 1.82) is 0 Å². The van der Waals surface area contributed by atoms with Crippen LogP contribution in [0.3, 0.4) is 0 Å². The molecule has 1 aliphatic rings. The molecule has 0 spiro atoms. The second kappa shape index (κ2) is 6.48. The number of aliphatic carboxylic acids is 1. The Bertz CT molecular complexity index is 251. The zero-order valence-electron chi connectivity index (χ0n) is 9.48. The second-order valence-corrected chi connectivity index (χ2v) is 4.10. The Morgan fingerprint density at radius 1 is 1.25 bits per heavy atom. The van der Waals surface area contributed by atoms with Crippen LogP contribution in [0.25, 0.3) is 0 Å². The van der Waals surface area contributed by atoms with E-state index in [9.17, 15) is 9.59 Å². The molecule has 2 atom stereocenters. The van der Waals surface area contributed by atoms with Gasteiger partial charge < -0.3 is 14.6 Å². The molecule has 0 aliphatic carbocycles. The highest BCUT2D eigenvalue weighted by atomic mass is 16.5. The minimum absolute atomic E-state index is 0.169. The van der Waals surface area contributed by atoms with Crippen LogP contribution >= 0.6 is 0 Å². The van der Waals surface area contributed by atoms with Gasteiger partial charge in [0.05, 0.1) is 7.11 Å². The number of hydrogen-bond donors (Lipinski definition) is 1. The molecule has 1 rings (SSSR count). The molecule has 16 heavy (non-hydrogen) atoms. The van der Waals surface area contributed by atoms with Gasteiger partial charge in [-0.25, -0.2) is 0 Å². The predicted octanol–water partition coefficient (Wildman–Crippen LogP) is 1.07. The van der Waals surface area contributed by atoms with Crippen LogP contribution in [-0.2, 0) is 19.1 Å². The number of carbonyl (C=O) groups excluding carboxylic acids is 1. The molecule has 1 fully saturated rings. The summed E-state index contributed by atoms with van der Waals surface area (Å²) in [4.78, 5) is 21.4. The molecule has 1 aliphatic heterocycles. The van der Waals surface area contributed by atoms with Crippen LogP contribution in [0.4, 0.5) is 0 Å². The number of carboxylic acids is 1. The Hall–Kier alpha value is -1.10. The highest BCUT2D eigenvalue weighted by molar-refractivity contribution is 5.69. The van der Waals surface area contributed by atoms with Gasteiger partial charge in [-0.1, -0.05) is 0 Å². The average Bonchev–Trinajstić information content (AvgIpc) is 2.70. The number of esters is 1. The van der Waals surface area contributed by atoms with E-state index in [1.165, 1.54) is 7.11 Å². The molecular weight excluding hydrogens is 212 g/mol. The monoisotopic (exact) mass is 230 g/mol. The second-order valence-electron chi connectivity index (χ2n) is 4.10. The maximum atomic E-state index is 11.0. The van der Waals surface area contributed by atoms with Crippen molar-refractivity contribution in [1.82, 2.24) is 0 Å². The Morgan fingerprint density at radius 2 is 1.81 bits per heavy atom. The third kappa shape index (κ3) is 4.18. The molecule has 1 saturated heterocycles. The van der Waals surface area contributed by atoms with Crippen LogP contribution in [0.5, 0.6) is 0 Å². The first-order valence-electron chi connectivity index (χ1n) is 5.50. The minimum Gasteiger partial charge on any atom is -0.481 e. The first kappa shape index (κ1) is 13.0. The largest absolute Gasteiger partial charge is 0.481 e. The van der Waals surface area contributed by atoms with Gasteiger partial charge >= 0.3 is 11.9 Å². The molecule has 2 unspecified atom stereocenters. The lowest BCUT2D eigenvalue weighted by Crippen LogP contribution is -2.16. The smallest absolute Gasteiger partial charge is 0.305 e. The van der Waals surface area contributed by atoms with Gasteiger partial charge in [-0.15, -0.1) is 0 Å². The maximum absolute atomic E-state index is 11.0. The van der Waals surface area contributed by atoms with Crippen molar-refractivity contribution in [3.05, 3.63) is 0 Å². The van der Waals surface area contributed by atoms with Crippen LogP contribution in [0, 0.1) is 11.8 Å². The van der Waals surface area contributed by atoms with Gasteiger partial charge in [-0.2, -0.15) is 0 Å². The quantitative estimate of drug-likeness (QED) is 0.691. The van der Waals surface area contributed by atoms with Crippen molar-refractivity contribution in [2.75, 3.05) is 20.3 Å². The molecule has 92 valence electrons. The van der Waals surface area contributed by atoms with E-state index in [1.54, 1.807) is 0 Å². The predicted molar refractivity (Wildman–Crippen MR) is 55.9 cm³/mol. The van der Waals surface area contributed by atoms with Crippen molar-refractivity contribution in [3.8, 4) is 0 Å². The minimum atomic E-state index is -0.779. The summed E-state index contributed by atoms with van der Waals surface area (Å²) in [6, 6.07) is 0. The summed E-state index contributed by atoms with van der Waals surface area (Å²) in [6.07, 6.45) is 1.90. The molecule has 0 aromatic carbocycles.